The van der Waals surface area contributed by atoms with Gasteiger partial charge in [0, 0.05) is 27.2 Å². The van der Waals surface area contributed by atoms with Crippen LogP contribution in [0, 0.1) is 0 Å². The predicted molar refractivity (Wildman–Crippen MR) is 75.9 cm³/mol. The smallest absolute Gasteiger partial charge is 0.231 e. The van der Waals surface area contributed by atoms with Crippen LogP contribution in [0.2, 0.25) is 0 Å². The third kappa shape index (κ3) is 2.67. The van der Waals surface area contributed by atoms with E-state index in [1.807, 2.05) is 11.6 Å². The number of nitrogens with one attached hydrogen (secondary N) is 1. The van der Waals surface area contributed by atoms with Crippen molar-refractivity contribution in [1.29, 1.82) is 0 Å². The molecule has 0 aromatic carbocycles. The van der Waals surface area contributed by atoms with E-state index in [-0.39, 0.29) is 0 Å². The summed E-state index contributed by atoms with van der Waals surface area (Å²) in [4.78, 5) is 15.5. The van der Waals surface area contributed by atoms with Gasteiger partial charge in [0.25, 0.3) is 0 Å². The molecule has 1 aliphatic rings. The third-order valence-electron chi connectivity index (χ3n) is 3.07. The van der Waals surface area contributed by atoms with Crippen molar-refractivity contribution >= 4 is 23.7 Å². The number of rotatable bonds is 4. The minimum absolute atomic E-state index is 0.576. The molecule has 0 amide bonds. The zero-order valence-electron chi connectivity index (χ0n) is 11.4. The van der Waals surface area contributed by atoms with E-state index in [0.29, 0.717) is 11.1 Å². The lowest BCUT2D eigenvalue weighted by Gasteiger charge is -2.16. The zero-order chi connectivity index (χ0) is 13.9. The van der Waals surface area contributed by atoms with Gasteiger partial charge in [-0.1, -0.05) is 0 Å². The Hall–Kier alpha value is -1.90. The molecule has 8 nitrogen and oxygen atoms in total. The van der Waals surface area contributed by atoms with E-state index in [9.17, 15) is 0 Å². The number of anilines is 2. The maximum atomic E-state index is 4.52. The van der Waals surface area contributed by atoms with Gasteiger partial charge in [-0.15, -0.1) is 10.2 Å². The summed E-state index contributed by atoms with van der Waals surface area (Å²) in [5.41, 5.74) is 0. The molecule has 2 aromatic rings. The fourth-order valence-electron chi connectivity index (χ4n) is 2.01. The molecule has 0 radical (unpaired) electrons. The van der Waals surface area contributed by atoms with Crippen LogP contribution in [0.3, 0.4) is 0 Å². The molecule has 1 saturated heterocycles. The van der Waals surface area contributed by atoms with Gasteiger partial charge in [-0.3, -0.25) is 0 Å². The fourth-order valence-corrected chi connectivity index (χ4v) is 2.71. The summed E-state index contributed by atoms with van der Waals surface area (Å²) in [5.74, 6) is 1.30. The highest BCUT2D eigenvalue weighted by Crippen LogP contribution is 2.25. The topological polar surface area (TPSA) is 84.7 Å². The number of aryl methyl sites for hydroxylation is 1. The summed E-state index contributed by atoms with van der Waals surface area (Å²) in [7, 11) is 3.70. The molecular weight excluding hydrogens is 276 g/mol. The van der Waals surface area contributed by atoms with Crippen molar-refractivity contribution in [3.05, 3.63) is 6.33 Å². The minimum Gasteiger partial charge on any atom is -0.357 e. The predicted octanol–water partition coefficient (Wildman–Crippen LogP) is 0.793. The van der Waals surface area contributed by atoms with Gasteiger partial charge >= 0.3 is 0 Å². The molecule has 2 aromatic heterocycles. The normalized spacial score (nSPS) is 14.8. The Bertz CT molecular complexity index is 592. The second kappa shape index (κ2) is 5.61. The average molecular weight is 292 g/mol. The van der Waals surface area contributed by atoms with Gasteiger partial charge in [0.1, 0.15) is 6.33 Å². The molecule has 20 heavy (non-hydrogen) atoms. The molecule has 9 heteroatoms. The quantitative estimate of drug-likeness (QED) is 0.885. The Balaban J connectivity index is 1.89. The Kier molecular flexibility index (Phi) is 3.68. The Morgan fingerprint density at radius 1 is 1.20 bits per heavy atom. The van der Waals surface area contributed by atoms with Crippen molar-refractivity contribution < 1.29 is 0 Å². The van der Waals surface area contributed by atoms with Gasteiger partial charge in [0.2, 0.25) is 17.1 Å². The monoisotopic (exact) mass is 292 g/mol. The first-order valence-corrected chi connectivity index (χ1v) is 7.28. The first-order chi connectivity index (χ1) is 9.76. The second-order valence-electron chi connectivity index (χ2n) is 4.51. The highest BCUT2D eigenvalue weighted by molar-refractivity contribution is 7.99. The summed E-state index contributed by atoms with van der Waals surface area (Å²) in [5, 5.41) is 12.3. The van der Waals surface area contributed by atoms with Crippen LogP contribution in [0.4, 0.5) is 11.9 Å². The zero-order valence-corrected chi connectivity index (χ0v) is 12.3. The van der Waals surface area contributed by atoms with E-state index in [0.717, 1.165) is 24.2 Å². The van der Waals surface area contributed by atoms with Crippen LogP contribution in [0.25, 0.3) is 0 Å². The number of nitrogens with zero attached hydrogens (tertiary/aromatic N) is 7. The van der Waals surface area contributed by atoms with Gasteiger partial charge < -0.3 is 14.8 Å². The van der Waals surface area contributed by atoms with Crippen molar-refractivity contribution in [2.45, 2.75) is 23.2 Å². The SMILES string of the molecule is CNc1nc(Sc2nncn2C)nc(N2CCCC2)n1. The van der Waals surface area contributed by atoms with Crippen LogP contribution in [-0.2, 0) is 7.05 Å². The number of hydrogen-bond donors (Lipinski definition) is 1. The van der Waals surface area contributed by atoms with E-state index in [2.05, 4.69) is 35.4 Å². The molecule has 1 fully saturated rings. The van der Waals surface area contributed by atoms with Crippen LogP contribution >= 0.6 is 11.8 Å². The van der Waals surface area contributed by atoms with Crippen molar-refractivity contribution in [3.8, 4) is 0 Å². The summed E-state index contributed by atoms with van der Waals surface area (Å²) < 4.78 is 1.84. The summed E-state index contributed by atoms with van der Waals surface area (Å²) in [6.07, 6.45) is 4.03. The minimum atomic E-state index is 0.576. The molecule has 0 bridgehead atoms. The molecule has 3 rings (SSSR count). The Labute approximate surface area is 121 Å². The fraction of sp³-hybridized carbons (Fsp3) is 0.545. The Morgan fingerprint density at radius 3 is 2.65 bits per heavy atom. The highest BCUT2D eigenvalue weighted by atomic mass is 32.2. The molecule has 0 saturated carbocycles. The van der Waals surface area contributed by atoms with Crippen LogP contribution in [0.5, 0.6) is 0 Å². The number of aromatic nitrogens is 6. The van der Waals surface area contributed by atoms with Crippen LogP contribution in [-0.4, -0.2) is 49.9 Å². The molecule has 1 N–H and O–H groups in total. The lowest BCUT2D eigenvalue weighted by atomic mass is 10.4. The van der Waals surface area contributed by atoms with Gasteiger partial charge in [-0.2, -0.15) is 15.0 Å². The molecule has 106 valence electrons. The summed E-state index contributed by atoms with van der Waals surface area (Å²) >= 11 is 1.38. The van der Waals surface area contributed by atoms with E-state index < -0.39 is 0 Å². The van der Waals surface area contributed by atoms with Crippen molar-refractivity contribution in [2.24, 2.45) is 7.05 Å². The standard InChI is InChI=1S/C11H16N8S/c1-12-8-14-9(19-5-3-4-6-19)16-10(15-8)20-11-17-13-7-18(11)2/h7H,3-6H2,1-2H3,(H,12,14,15,16). The van der Waals surface area contributed by atoms with E-state index >= 15 is 0 Å². The van der Waals surface area contributed by atoms with E-state index in [1.54, 1.807) is 13.4 Å². The summed E-state index contributed by atoms with van der Waals surface area (Å²) in [6, 6.07) is 0. The first-order valence-electron chi connectivity index (χ1n) is 6.47. The maximum absolute atomic E-state index is 4.52. The molecule has 0 atom stereocenters. The van der Waals surface area contributed by atoms with Crippen LogP contribution in [0.15, 0.2) is 16.6 Å². The van der Waals surface area contributed by atoms with Crippen molar-refractivity contribution in [3.63, 3.8) is 0 Å². The van der Waals surface area contributed by atoms with Crippen LogP contribution in [0.1, 0.15) is 12.8 Å². The molecule has 0 aliphatic carbocycles. The van der Waals surface area contributed by atoms with E-state index in [1.165, 1.54) is 24.6 Å². The molecule has 3 heterocycles. The number of hydrogen-bond acceptors (Lipinski definition) is 8. The lowest BCUT2D eigenvalue weighted by molar-refractivity contribution is 0.778. The maximum Gasteiger partial charge on any atom is 0.231 e. The second-order valence-corrected chi connectivity index (χ2v) is 5.45. The molecule has 0 unspecified atom stereocenters. The van der Waals surface area contributed by atoms with E-state index in [4.69, 9.17) is 0 Å². The van der Waals surface area contributed by atoms with Crippen molar-refractivity contribution in [1.82, 2.24) is 29.7 Å². The summed E-state index contributed by atoms with van der Waals surface area (Å²) in [6.45, 7) is 2.00. The Morgan fingerprint density at radius 2 is 2.00 bits per heavy atom. The van der Waals surface area contributed by atoms with Gasteiger partial charge in [0.05, 0.1) is 0 Å². The average Bonchev–Trinajstić information content (AvgIpc) is 3.11. The highest BCUT2D eigenvalue weighted by Gasteiger charge is 2.18. The van der Waals surface area contributed by atoms with Crippen LogP contribution < -0.4 is 10.2 Å². The van der Waals surface area contributed by atoms with Gasteiger partial charge in [0.15, 0.2) is 5.16 Å². The van der Waals surface area contributed by atoms with Crippen molar-refractivity contribution in [2.75, 3.05) is 30.4 Å². The third-order valence-corrected chi connectivity index (χ3v) is 3.99. The first kappa shape index (κ1) is 13.1. The lowest BCUT2D eigenvalue weighted by Crippen LogP contribution is -2.21. The van der Waals surface area contributed by atoms with Gasteiger partial charge in [-0.05, 0) is 24.6 Å². The molecule has 1 aliphatic heterocycles. The molecular formula is C11H16N8S. The largest absolute Gasteiger partial charge is 0.357 e. The molecule has 0 spiro atoms. The van der Waals surface area contributed by atoms with Gasteiger partial charge in [-0.25, -0.2) is 0 Å².